The zero-order chi connectivity index (χ0) is 17.9. The molecule has 0 aliphatic carbocycles. The molecule has 0 amide bonds. The largest absolute Gasteiger partial charge is 0.299 e. The van der Waals surface area contributed by atoms with E-state index in [0.717, 1.165) is 24.7 Å². The summed E-state index contributed by atoms with van der Waals surface area (Å²) in [6.45, 7) is 3.31. The number of piperidine rings is 1. The van der Waals surface area contributed by atoms with Gasteiger partial charge < -0.3 is 0 Å². The van der Waals surface area contributed by atoms with Gasteiger partial charge in [-0.25, -0.2) is 0 Å². The third-order valence-electron chi connectivity index (χ3n) is 4.84. The molecule has 1 saturated heterocycles. The van der Waals surface area contributed by atoms with Gasteiger partial charge in [-0.3, -0.25) is 9.88 Å². The molecule has 0 bridgehead atoms. The maximum absolute atomic E-state index is 5.98. The molecule has 5 heteroatoms. The number of pyridine rings is 1. The third kappa shape index (κ3) is 4.42. The molecule has 1 fully saturated rings. The zero-order valence-corrected chi connectivity index (χ0v) is 17.5. The van der Waals surface area contributed by atoms with E-state index in [1.807, 2.05) is 36.3 Å². The highest BCUT2D eigenvalue weighted by Crippen LogP contribution is 2.37. The van der Waals surface area contributed by atoms with E-state index in [1.165, 1.54) is 38.5 Å². The number of rotatable bonds is 4. The number of aromatic nitrogens is 1. The number of benzene rings is 2. The molecule has 2 heterocycles. The second-order valence-electron chi connectivity index (χ2n) is 6.73. The van der Waals surface area contributed by atoms with E-state index in [-0.39, 0.29) is 0 Å². The van der Waals surface area contributed by atoms with Crippen LogP contribution in [0.15, 0.2) is 64.2 Å². The molecule has 3 aromatic rings. The van der Waals surface area contributed by atoms with Crippen molar-refractivity contribution >= 4 is 50.1 Å². The van der Waals surface area contributed by atoms with Gasteiger partial charge in [0.2, 0.25) is 0 Å². The lowest BCUT2D eigenvalue weighted by atomic mass is 10.1. The molecule has 26 heavy (non-hydrogen) atoms. The fourth-order valence-electron chi connectivity index (χ4n) is 3.39. The molecule has 0 radical (unpaired) electrons. The predicted molar refractivity (Wildman–Crippen MR) is 115 cm³/mol. The zero-order valence-electron chi connectivity index (χ0n) is 14.4. The molecule has 1 aliphatic heterocycles. The predicted octanol–water partition coefficient (Wildman–Crippen LogP) is 6.41. The first kappa shape index (κ1) is 18.3. The van der Waals surface area contributed by atoms with Crippen LogP contribution in [0.3, 0.4) is 0 Å². The van der Waals surface area contributed by atoms with Gasteiger partial charge in [0, 0.05) is 44.0 Å². The Morgan fingerprint density at radius 3 is 2.62 bits per heavy atom. The SMILES string of the molecule is Clc1ccc(CN2CCC(Sc3cc4ccncc4cc3Br)CC2)cc1. The van der Waals surface area contributed by atoms with E-state index in [1.54, 1.807) is 0 Å². The monoisotopic (exact) mass is 446 g/mol. The molecular formula is C21H20BrClN2S. The molecule has 2 aromatic carbocycles. The topological polar surface area (TPSA) is 16.1 Å². The fraction of sp³-hybridized carbons (Fsp3) is 0.286. The van der Waals surface area contributed by atoms with Crippen molar-refractivity contribution in [2.24, 2.45) is 0 Å². The average Bonchev–Trinajstić information content (AvgIpc) is 2.66. The van der Waals surface area contributed by atoms with Crippen LogP contribution >= 0.6 is 39.3 Å². The number of hydrogen-bond donors (Lipinski definition) is 0. The summed E-state index contributed by atoms with van der Waals surface area (Å²) in [4.78, 5) is 8.08. The smallest absolute Gasteiger partial charge is 0.0406 e. The molecule has 4 rings (SSSR count). The molecule has 0 N–H and O–H groups in total. The minimum absolute atomic E-state index is 0.673. The van der Waals surface area contributed by atoms with Gasteiger partial charge in [0.15, 0.2) is 0 Å². The van der Waals surface area contributed by atoms with E-state index in [9.17, 15) is 0 Å². The van der Waals surface area contributed by atoms with Crippen molar-refractivity contribution in [2.45, 2.75) is 29.5 Å². The third-order valence-corrected chi connectivity index (χ3v) is 7.41. The van der Waals surface area contributed by atoms with E-state index < -0.39 is 0 Å². The van der Waals surface area contributed by atoms with Crippen LogP contribution in [0.2, 0.25) is 5.02 Å². The first-order valence-electron chi connectivity index (χ1n) is 8.84. The van der Waals surface area contributed by atoms with Gasteiger partial charge in [0.25, 0.3) is 0 Å². The maximum atomic E-state index is 5.98. The van der Waals surface area contributed by atoms with Gasteiger partial charge in [-0.1, -0.05) is 23.7 Å². The molecule has 134 valence electrons. The van der Waals surface area contributed by atoms with Gasteiger partial charge >= 0.3 is 0 Å². The van der Waals surface area contributed by atoms with E-state index >= 15 is 0 Å². The Labute approximate surface area is 172 Å². The van der Waals surface area contributed by atoms with Crippen molar-refractivity contribution in [2.75, 3.05) is 13.1 Å². The lowest BCUT2D eigenvalue weighted by molar-refractivity contribution is 0.225. The molecule has 0 saturated carbocycles. The summed E-state index contributed by atoms with van der Waals surface area (Å²) in [7, 11) is 0. The van der Waals surface area contributed by atoms with Crippen molar-refractivity contribution in [1.82, 2.24) is 9.88 Å². The van der Waals surface area contributed by atoms with Gasteiger partial charge in [-0.15, -0.1) is 11.8 Å². The Balaban J connectivity index is 1.36. The first-order valence-corrected chi connectivity index (χ1v) is 10.9. The Kier molecular flexibility index (Phi) is 5.84. The minimum atomic E-state index is 0.673. The van der Waals surface area contributed by atoms with Crippen molar-refractivity contribution in [1.29, 1.82) is 0 Å². The van der Waals surface area contributed by atoms with Crippen LogP contribution in [0.5, 0.6) is 0 Å². The number of hydrogen-bond acceptors (Lipinski definition) is 3. The van der Waals surface area contributed by atoms with Crippen molar-refractivity contribution in [3.05, 3.63) is 69.9 Å². The highest BCUT2D eigenvalue weighted by atomic mass is 79.9. The summed E-state index contributed by atoms with van der Waals surface area (Å²) in [5.41, 5.74) is 1.34. The van der Waals surface area contributed by atoms with Crippen molar-refractivity contribution < 1.29 is 0 Å². The molecule has 1 aromatic heterocycles. The Bertz CT molecular complexity index is 892. The highest BCUT2D eigenvalue weighted by molar-refractivity contribution is 9.10. The Morgan fingerprint density at radius 1 is 1.08 bits per heavy atom. The standard InChI is InChI=1S/C21H20BrClN2S/c22-20-11-17-13-24-8-5-16(17)12-21(20)26-19-6-9-25(10-7-19)14-15-1-3-18(23)4-2-15/h1-5,8,11-13,19H,6-7,9-10,14H2. The van der Waals surface area contributed by atoms with Crippen LogP contribution in [0.4, 0.5) is 0 Å². The second kappa shape index (κ2) is 8.30. The van der Waals surface area contributed by atoms with Crippen LogP contribution in [0.25, 0.3) is 10.8 Å². The number of fused-ring (bicyclic) bond motifs is 1. The molecule has 0 atom stereocenters. The van der Waals surface area contributed by atoms with E-state index in [4.69, 9.17) is 11.6 Å². The second-order valence-corrected chi connectivity index (χ2v) is 9.36. The Hall–Kier alpha value is -1.07. The van der Waals surface area contributed by atoms with Crippen molar-refractivity contribution in [3.63, 3.8) is 0 Å². The average molecular weight is 448 g/mol. The van der Waals surface area contributed by atoms with Gasteiger partial charge in [0.05, 0.1) is 0 Å². The molecule has 0 spiro atoms. The Morgan fingerprint density at radius 2 is 1.85 bits per heavy atom. The van der Waals surface area contributed by atoms with Crippen molar-refractivity contribution in [3.8, 4) is 0 Å². The number of halogens is 2. The highest BCUT2D eigenvalue weighted by Gasteiger charge is 2.21. The van der Waals surface area contributed by atoms with Crippen LogP contribution in [0, 0.1) is 0 Å². The first-order chi connectivity index (χ1) is 12.7. The summed E-state index contributed by atoms with van der Waals surface area (Å²) >= 11 is 11.7. The fourth-order valence-corrected chi connectivity index (χ4v) is 5.33. The summed E-state index contributed by atoms with van der Waals surface area (Å²) < 4.78 is 1.17. The van der Waals surface area contributed by atoms with Crippen LogP contribution in [-0.2, 0) is 6.54 Å². The maximum Gasteiger partial charge on any atom is 0.0406 e. The number of nitrogens with zero attached hydrogens (tertiary/aromatic N) is 2. The summed E-state index contributed by atoms with van der Waals surface area (Å²) in [5.74, 6) is 0. The minimum Gasteiger partial charge on any atom is -0.299 e. The van der Waals surface area contributed by atoms with Crippen LogP contribution in [-0.4, -0.2) is 28.2 Å². The van der Waals surface area contributed by atoms with Gasteiger partial charge in [0.1, 0.15) is 0 Å². The normalized spacial score (nSPS) is 16.2. The van der Waals surface area contributed by atoms with E-state index in [2.05, 4.69) is 56.1 Å². The molecule has 2 nitrogen and oxygen atoms in total. The summed E-state index contributed by atoms with van der Waals surface area (Å²) in [6, 6.07) is 14.8. The summed E-state index contributed by atoms with van der Waals surface area (Å²) in [5, 5.41) is 3.92. The van der Waals surface area contributed by atoms with Crippen LogP contribution in [0.1, 0.15) is 18.4 Å². The van der Waals surface area contributed by atoms with Gasteiger partial charge in [-0.05, 0) is 83.1 Å². The molecular weight excluding hydrogens is 428 g/mol. The number of likely N-dealkylation sites (tertiary alicyclic amines) is 1. The van der Waals surface area contributed by atoms with E-state index in [0.29, 0.717) is 5.25 Å². The number of thioether (sulfide) groups is 1. The van der Waals surface area contributed by atoms with Gasteiger partial charge in [-0.2, -0.15) is 0 Å². The molecule has 1 aliphatic rings. The lowest BCUT2D eigenvalue weighted by Crippen LogP contribution is -2.34. The summed E-state index contributed by atoms with van der Waals surface area (Å²) in [6.07, 6.45) is 6.22. The van der Waals surface area contributed by atoms with Crippen LogP contribution < -0.4 is 0 Å². The lowest BCUT2D eigenvalue weighted by Gasteiger charge is -2.31. The quantitative estimate of drug-likeness (QED) is 0.460. The molecule has 0 unspecified atom stereocenters.